The standard InChI is InChI=1S/C21H23F3N6O/c1-14-17(15(2)30(27-14)16-6-4-3-5-7-16)13-28-8-10-29(11-9-28)20(31)18-12-19(26-25-18)21(22,23)24/h3-7,12H,8-11,13H2,1-2H3,(H,25,26). The third-order valence-electron chi connectivity index (χ3n) is 5.59. The zero-order valence-electron chi connectivity index (χ0n) is 17.3. The fraction of sp³-hybridized carbons (Fsp3) is 0.381. The summed E-state index contributed by atoms with van der Waals surface area (Å²) in [5.74, 6) is -0.490. The summed E-state index contributed by atoms with van der Waals surface area (Å²) in [6.07, 6.45) is -4.55. The predicted molar refractivity (Wildman–Crippen MR) is 108 cm³/mol. The SMILES string of the molecule is Cc1nn(-c2ccccc2)c(C)c1CN1CCN(C(=O)c2cc(C(F)(F)F)[nH]n2)CC1. The number of aromatic nitrogens is 4. The lowest BCUT2D eigenvalue weighted by Crippen LogP contribution is -2.48. The number of nitrogens with one attached hydrogen (secondary N) is 1. The third kappa shape index (κ3) is 4.34. The van der Waals surface area contributed by atoms with Gasteiger partial charge in [0, 0.05) is 50.0 Å². The molecule has 0 atom stereocenters. The van der Waals surface area contributed by atoms with Crippen LogP contribution in [-0.2, 0) is 12.7 Å². The Kier molecular flexibility index (Phi) is 5.57. The van der Waals surface area contributed by atoms with E-state index in [4.69, 9.17) is 0 Å². The number of hydrogen-bond acceptors (Lipinski definition) is 4. The van der Waals surface area contributed by atoms with E-state index >= 15 is 0 Å². The van der Waals surface area contributed by atoms with Crippen molar-refractivity contribution in [3.8, 4) is 5.69 Å². The quantitative estimate of drug-likeness (QED) is 0.688. The normalized spacial score (nSPS) is 15.5. The van der Waals surface area contributed by atoms with Crippen molar-refractivity contribution in [2.75, 3.05) is 26.2 Å². The minimum atomic E-state index is -4.55. The fourth-order valence-corrected chi connectivity index (χ4v) is 3.80. The van der Waals surface area contributed by atoms with E-state index in [0.29, 0.717) is 32.7 Å². The summed E-state index contributed by atoms with van der Waals surface area (Å²) in [4.78, 5) is 16.3. The lowest BCUT2D eigenvalue weighted by atomic mass is 10.1. The number of nitrogens with zero attached hydrogens (tertiary/aromatic N) is 5. The van der Waals surface area contributed by atoms with Crippen LogP contribution in [0, 0.1) is 13.8 Å². The molecular weight excluding hydrogens is 409 g/mol. The molecule has 1 saturated heterocycles. The van der Waals surface area contributed by atoms with Crippen LogP contribution >= 0.6 is 0 Å². The Morgan fingerprint density at radius 2 is 1.77 bits per heavy atom. The van der Waals surface area contributed by atoms with Gasteiger partial charge in [-0.15, -0.1) is 0 Å². The van der Waals surface area contributed by atoms with E-state index in [9.17, 15) is 18.0 Å². The largest absolute Gasteiger partial charge is 0.432 e. The number of alkyl halides is 3. The molecule has 0 bridgehead atoms. The van der Waals surface area contributed by atoms with Crippen molar-refractivity contribution in [3.63, 3.8) is 0 Å². The van der Waals surface area contributed by atoms with Crippen molar-refractivity contribution < 1.29 is 18.0 Å². The van der Waals surface area contributed by atoms with Crippen LogP contribution in [0.15, 0.2) is 36.4 Å². The van der Waals surface area contributed by atoms with Gasteiger partial charge in [-0.1, -0.05) is 18.2 Å². The van der Waals surface area contributed by atoms with E-state index in [1.54, 1.807) is 4.90 Å². The van der Waals surface area contributed by atoms with Gasteiger partial charge in [-0.2, -0.15) is 23.4 Å². The summed E-state index contributed by atoms with van der Waals surface area (Å²) in [7, 11) is 0. The number of carbonyl (C=O) groups is 1. The molecule has 0 spiro atoms. The summed E-state index contributed by atoms with van der Waals surface area (Å²) in [5.41, 5.74) is 2.94. The molecule has 0 saturated carbocycles. The molecule has 7 nitrogen and oxygen atoms in total. The number of benzene rings is 1. The molecule has 2 aromatic heterocycles. The highest BCUT2D eigenvalue weighted by Crippen LogP contribution is 2.28. The molecule has 4 rings (SSSR count). The van der Waals surface area contributed by atoms with Crippen molar-refractivity contribution in [2.24, 2.45) is 0 Å². The summed E-state index contributed by atoms with van der Waals surface area (Å²) in [6, 6.07) is 10.7. The van der Waals surface area contributed by atoms with E-state index in [2.05, 4.69) is 15.1 Å². The van der Waals surface area contributed by atoms with Crippen LogP contribution in [0.2, 0.25) is 0 Å². The monoisotopic (exact) mass is 432 g/mol. The van der Waals surface area contributed by atoms with Gasteiger partial charge in [-0.05, 0) is 26.0 Å². The first kappa shape index (κ1) is 21.1. The molecule has 1 aliphatic rings. The molecule has 31 heavy (non-hydrogen) atoms. The maximum Gasteiger partial charge on any atom is 0.432 e. The van der Waals surface area contributed by atoms with Crippen LogP contribution in [0.4, 0.5) is 13.2 Å². The zero-order chi connectivity index (χ0) is 22.2. The molecular formula is C21H23F3N6O. The summed E-state index contributed by atoms with van der Waals surface area (Å²) >= 11 is 0. The second-order valence-electron chi connectivity index (χ2n) is 7.63. The van der Waals surface area contributed by atoms with Crippen molar-refractivity contribution in [1.82, 2.24) is 29.8 Å². The smallest absolute Gasteiger partial charge is 0.335 e. The molecule has 0 aliphatic carbocycles. The second kappa shape index (κ2) is 8.18. The molecule has 1 amide bonds. The van der Waals surface area contributed by atoms with Crippen LogP contribution < -0.4 is 0 Å². The Balaban J connectivity index is 1.39. The van der Waals surface area contributed by atoms with Gasteiger partial charge in [0.05, 0.1) is 11.4 Å². The number of H-pyrrole nitrogens is 1. The van der Waals surface area contributed by atoms with E-state index in [-0.39, 0.29) is 5.69 Å². The number of halogens is 3. The highest BCUT2D eigenvalue weighted by atomic mass is 19.4. The first-order valence-corrected chi connectivity index (χ1v) is 9.99. The third-order valence-corrected chi connectivity index (χ3v) is 5.59. The molecule has 3 heterocycles. The molecule has 3 aromatic rings. The van der Waals surface area contributed by atoms with Gasteiger partial charge >= 0.3 is 6.18 Å². The van der Waals surface area contributed by atoms with Gasteiger partial charge in [0.25, 0.3) is 5.91 Å². The Labute approximate surface area is 177 Å². The first-order chi connectivity index (χ1) is 14.7. The number of amides is 1. The van der Waals surface area contributed by atoms with Gasteiger partial charge in [-0.25, -0.2) is 4.68 Å². The molecule has 1 N–H and O–H groups in total. The average molecular weight is 432 g/mol. The van der Waals surface area contributed by atoms with Crippen LogP contribution in [-0.4, -0.2) is 61.9 Å². The Bertz CT molecular complexity index is 1060. The molecule has 0 unspecified atom stereocenters. The van der Waals surface area contributed by atoms with Gasteiger partial charge < -0.3 is 4.90 Å². The number of hydrogen-bond donors (Lipinski definition) is 1. The van der Waals surface area contributed by atoms with Crippen molar-refractivity contribution in [1.29, 1.82) is 0 Å². The molecule has 10 heteroatoms. The summed E-state index contributed by atoms with van der Waals surface area (Å²) in [6.45, 7) is 6.83. The predicted octanol–water partition coefficient (Wildman–Crippen LogP) is 3.19. The summed E-state index contributed by atoms with van der Waals surface area (Å²) in [5, 5.41) is 10.1. The topological polar surface area (TPSA) is 70.1 Å². The van der Waals surface area contributed by atoms with Gasteiger partial charge in [0.1, 0.15) is 5.69 Å². The van der Waals surface area contributed by atoms with Crippen LogP contribution in [0.5, 0.6) is 0 Å². The lowest BCUT2D eigenvalue weighted by Gasteiger charge is -2.34. The summed E-state index contributed by atoms with van der Waals surface area (Å²) < 4.78 is 40.1. The number of aryl methyl sites for hydroxylation is 1. The first-order valence-electron chi connectivity index (χ1n) is 9.99. The Morgan fingerprint density at radius 3 is 2.39 bits per heavy atom. The Hall–Kier alpha value is -3.14. The zero-order valence-corrected chi connectivity index (χ0v) is 17.3. The van der Waals surface area contributed by atoms with E-state index in [1.165, 1.54) is 0 Å². The number of para-hydroxylation sites is 1. The van der Waals surface area contributed by atoms with Crippen molar-refractivity contribution in [2.45, 2.75) is 26.6 Å². The maximum absolute atomic E-state index is 12.7. The Morgan fingerprint density at radius 1 is 1.10 bits per heavy atom. The number of aromatic amines is 1. The number of rotatable bonds is 4. The van der Waals surface area contributed by atoms with E-state index in [1.807, 2.05) is 54.0 Å². The highest BCUT2D eigenvalue weighted by molar-refractivity contribution is 5.92. The second-order valence-corrected chi connectivity index (χ2v) is 7.63. The minimum Gasteiger partial charge on any atom is -0.335 e. The number of piperazine rings is 1. The average Bonchev–Trinajstić information content (AvgIpc) is 3.36. The molecule has 1 aliphatic heterocycles. The van der Waals surface area contributed by atoms with Crippen molar-refractivity contribution >= 4 is 5.91 Å². The van der Waals surface area contributed by atoms with Crippen molar-refractivity contribution in [3.05, 3.63) is 64.7 Å². The highest BCUT2D eigenvalue weighted by Gasteiger charge is 2.34. The molecule has 1 fully saturated rings. The van der Waals surface area contributed by atoms with Gasteiger partial charge in [0.2, 0.25) is 0 Å². The minimum absolute atomic E-state index is 0.211. The molecule has 0 radical (unpaired) electrons. The molecule has 164 valence electrons. The number of carbonyl (C=O) groups excluding carboxylic acids is 1. The van der Waals surface area contributed by atoms with E-state index in [0.717, 1.165) is 28.7 Å². The maximum atomic E-state index is 12.7. The molecule has 1 aromatic carbocycles. The van der Waals surface area contributed by atoms with Gasteiger partial charge in [-0.3, -0.25) is 14.8 Å². The van der Waals surface area contributed by atoms with E-state index < -0.39 is 17.8 Å². The lowest BCUT2D eigenvalue weighted by molar-refractivity contribution is -0.141. The van der Waals surface area contributed by atoms with Gasteiger partial charge in [0.15, 0.2) is 5.69 Å². The van der Waals surface area contributed by atoms with Crippen LogP contribution in [0.1, 0.15) is 33.1 Å². The fourth-order valence-electron chi connectivity index (χ4n) is 3.80. The van der Waals surface area contributed by atoms with Crippen LogP contribution in [0.25, 0.3) is 5.69 Å². The van der Waals surface area contributed by atoms with Crippen LogP contribution in [0.3, 0.4) is 0 Å².